The Morgan fingerprint density at radius 1 is 1.47 bits per heavy atom. The number of sulfonamides is 1. The van der Waals surface area contributed by atoms with Gasteiger partial charge in [-0.25, -0.2) is 13.4 Å². The molecule has 0 aliphatic heterocycles. The van der Waals surface area contributed by atoms with Gasteiger partial charge >= 0.3 is 0 Å². The minimum atomic E-state index is -3.19. The van der Waals surface area contributed by atoms with Gasteiger partial charge in [0.25, 0.3) is 0 Å². The molecule has 5 nitrogen and oxygen atoms in total. The third kappa shape index (κ3) is 5.99. The second-order valence-corrected chi connectivity index (χ2v) is 8.15. The highest BCUT2D eigenvalue weighted by atomic mass is 32.2. The summed E-state index contributed by atoms with van der Waals surface area (Å²) in [5.74, 6) is 0.173. The van der Waals surface area contributed by atoms with Crippen LogP contribution < -0.4 is 5.32 Å². The molecule has 1 N–H and O–H groups in total. The van der Waals surface area contributed by atoms with Gasteiger partial charge in [-0.1, -0.05) is 13.8 Å². The number of hydrogen-bond acceptors (Lipinski definition) is 5. The molecule has 1 rings (SSSR count). The molecule has 1 aromatic rings. The van der Waals surface area contributed by atoms with Crippen molar-refractivity contribution in [3.8, 4) is 0 Å². The molecular weight excluding hydrogens is 282 g/mol. The first-order valence-corrected chi connectivity index (χ1v) is 8.88. The molecule has 0 saturated heterocycles. The lowest BCUT2D eigenvalue weighted by Gasteiger charge is -2.16. The molecule has 0 bridgehead atoms. The maximum atomic E-state index is 12.1. The van der Waals surface area contributed by atoms with E-state index in [1.165, 1.54) is 15.6 Å². The number of hydrogen-bond donors (Lipinski definition) is 1. The van der Waals surface area contributed by atoms with E-state index in [9.17, 15) is 8.42 Å². The predicted octanol–water partition coefficient (Wildman–Crippen LogP) is 1.60. The Hall–Kier alpha value is -0.500. The van der Waals surface area contributed by atoms with E-state index < -0.39 is 10.0 Å². The van der Waals surface area contributed by atoms with E-state index in [1.807, 2.05) is 26.2 Å². The van der Waals surface area contributed by atoms with Gasteiger partial charge < -0.3 is 5.32 Å². The summed E-state index contributed by atoms with van der Waals surface area (Å²) in [5.41, 5.74) is 0.814. The summed E-state index contributed by atoms with van der Waals surface area (Å²) >= 11 is 1.54. The first kappa shape index (κ1) is 16.6. The van der Waals surface area contributed by atoms with E-state index in [0.717, 1.165) is 17.2 Å². The van der Waals surface area contributed by atoms with Gasteiger partial charge in [0, 0.05) is 18.5 Å². The summed E-state index contributed by atoms with van der Waals surface area (Å²) in [6.07, 6.45) is 0.626. The highest BCUT2D eigenvalue weighted by Crippen LogP contribution is 2.12. The Labute approximate surface area is 120 Å². The standard InChI is InChI=1S/C12H23N3O2S2/c1-10(2)13-6-5-7-19(16,17)15(4)8-12-9-18-11(3)14-12/h9-10,13H,5-8H2,1-4H3. The monoisotopic (exact) mass is 305 g/mol. The van der Waals surface area contributed by atoms with E-state index in [0.29, 0.717) is 19.0 Å². The van der Waals surface area contributed by atoms with Crippen molar-refractivity contribution in [2.24, 2.45) is 0 Å². The smallest absolute Gasteiger partial charge is 0.214 e. The normalized spacial score (nSPS) is 12.5. The molecule has 0 unspecified atom stereocenters. The fraction of sp³-hybridized carbons (Fsp3) is 0.750. The maximum Gasteiger partial charge on any atom is 0.214 e. The summed E-state index contributed by atoms with van der Waals surface area (Å²) in [7, 11) is -1.58. The molecule has 0 spiro atoms. The van der Waals surface area contributed by atoms with Gasteiger partial charge in [0.1, 0.15) is 0 Å². The third-order valence-electron chi connectivity index (χ3n) is 2.66. The van der Waals surface area contributed by atoms with E-state index in [2.05, 4.69) is 10.3 Å². The lowest BCUT2D eigenvalue weighted by Crippen LogP contribution is -2.31. The van der Waals surface area contributed by atoms with E-state index in [1.54, 1.807) is 7.05 Å². The van der Waals surface area contributed by atoms with Crippen LogP contribution >= 0.6 is 11.3 Å². The van der Waals surface area contributed by atoms with Crippen molar-refractivity contribution in [2.75, 3.05) is 19.3 Å². The first-order chi connectivity index (χ1) is 8.81. The second kappa shape index (κ2) is 7.33. The fourth-order valence-corrected chi connectivity index (χ4v) is 3.36. The number of rotatable bonds is 8. The van der Waals surface area contributed by atoms with Gasteiger partial charge in [-0.3, -0.25) is 0 Å². The van der Waals surface area contributed by atoms with Gasteiger partial charge in [0.05, 0.1) is 23.0 Å². The summed E-state index contributed by atoms with van der Waals surface area (Å²) in [6.45, 7) is 7.08. The molecule has 0 atom stereocenters. The van der Waals surface area contributed by atoms with Crippen molar-refractivity contribution < 1.29 is 8.42 Å². The largest absolute Gasteiger partial charge is 0.314 e. The first-order valence-electron chi connectivity index (χ1n) is 6.39. The van der Waals surface area contributed by atoms with Crippen LogP contribution in [-0.2, 0) is 16.6 Å². The van der Waals surface area contributed by atoms with Crippen LogP contribution in [0, 0.1) is 6.92 Å². The van der Waals surface area contributed by atoms with E-state index in [-0.39, 0.29) is 5.75 Å². The molecular formula is C12H23N3O2S2. The van der Waals surface area contributed by atoms with Crippen molar-refractivity contribution in [2.45, 2.75) is 39.8 Å². The SMILES string of the molecule is Cc1nc(CN(C)S(=O)(=O)CCCNC(C)C)cs1. The zero-order valence-electron chi connectivity index (χ0n) is 12.0. The van der Waals surface area contributed by atoms with Crippen molar-refractivity contribution >= 4 is 21.4 Å². The molecule has 1 heterocycles. The number of nitrogens with one attached hydrogen (secondary N) is 1. The van der Waals surface area contributed by atoms with Crippen LogP contribution in [0.3, 0.4) is 0 Å². The Morgan fingerprint density at radius 3 is 2.68 bits per heavy atom. The summed E-state index contributed by atoms with van der Waals surface area (Å²) in [5, 5.41) is 6.08. The topological polar surface area (TPSA) is 62.3 Å². The Morgan fingerprint density at radius 2 is 2.16 bits per heavy atom. The predicted molar refractivity (Wildman–Crippen MR) is 79.9 cm³/mol. The van der Waals surface area contributed by atoms with Crippen LogP contribution in [0.5, 0.6) is 0 Å². The molecule has 0 aliphatic carbocycles. The van der Waals surface area contributed by atoms with Crippen LogP contribution in [0.4, 0.5) is 0 Å². The third-order valence-corrected chi connectivity index (χ3v) is 5.36. The van der Waals surface area contributed by atoms with Crippen LogP contribution in [0.2, 0.25) is 0 Å². The average Bonchev–Trinajstić information content (AvgIpc) is 2.70. The Kier molecular flexibility index (Phi) is 6.38. The molecule has 1 aromatic heterocycles. The van der Waals surface area contributed by atoms with E-state index >= 15 is 0 Å². The maximum absolute atomic E-state index is 12.1. The molecule has 19 heavy (non-hydrogen) atoms. The molecule has 0 aliphatic rings. The number of thiazole rings is 1. The zero-order valence-corrected chi connectivity index (χ0v) is 13.6. The van der Waals surface area contributed by atoms with Gasteiger partial charge in [-0.15, -0.1) is 11.3 Å². The van der Waals surface area contributed by atoms with Gasteiger partial charge in [-0.2, -0.15) is 4.31 Å². The molecule has 7 heteroatoms. The molecule has 0 amide bonds. The van der Waals surface area contributed by atoms with Gasteiger partial charge in [0.2, 0.25) is 10.0 Å². The number of aryl methyl sites for hydroxylation is 1. The molecule has 0 radical (unpaired) electrons. The summed E-state index contributed by atoms with van der Waals surface area (Å²) < 4.78 is 25.5. The quantitative estimate of drug-likeness (QED) is 0.741. The lowest BCUT2D eigenvalue weighted by molar-refractivity contribution is 0.459. The Bertz CT molecular complexity index is 483. The lowest BCUT2D eigenvalue weighted by atomic mass is 10.4. The molecule has 0 fully saturated rings. The zero-order chi connectivity index (χ0) is 14.5. The summed E-state index contributed by atoms with van der Waals surface area (Å²) in [4.78, 5) is 4.28. The van der Waals surface area contributed by atoms with Gasteiger partial charge in [0.15, 0.2) is 0 Å². The van der Waals surface area contributed by atoms with Crippen molar-refractivity contribution in [3.63, 3.8) is 0 Å². The van der Waals surface area contributed by atoms with Crippen molar-refractivity contribution in [3.05, 3.63) is 16.1 Å². The van der Waals surface area contributed by atoms with Crippen molar-refractivity contribution in [1.82, 2.24) is 14.6 Å². The van der Waals surface area contributed by atoms with E-state index in [4.69, 9.17) is 0 Å². The molecule has 110 valence electrons. The number of aromatic nitrogens is 1. The van der Waals surface area contributed by atoms with Crippen molar-refractivity contribution in [1.29, 1.82) is 0 Å². The Balaban J connectivity index is 2.43. The minimum Gasteiger partial charge on any atom is -0.314 e. The fourth-order valence-electron chi connectivity index (χ4n) is 1.61. The molecule has 0 saturated carbocycles. The second-order valence-electron chi connectivity index (χ2n) is 4.89. The minimum absolute atomic E-state index is 0.173. The molecule has 0 aromatic carbocycles. The van der Waals surface area contributed by atoms with Crippen LogP contribution in [0.15, 0.2) is 5.38 Å². The van der Waals surface area contributed by atoms with Gasteiger partial charge in [-0.05, 0) is 19.9 Å². The highest BCUT2D eigenvalue weighted by Gasteiger charge is 2.18. The van der Waals surface area contributed by atoms with Crippen LogP contribution in [0.1, 0.15) is 31.0 Å². The number of nitrogens with zero attached hydrogens (tertiary/aromatic N) is 2. The summed E-state index contributed by atoms with van der Waals surface area (Å²) in [6, 6.07) is 0.387. The average molecular weight is 305 g/mol. The van der Waals surface area contributed by atoms with Crippen LogP contribution in [-0.4, -0.2) is 43.1 Å². The van der Waals surface area contributed by atoms with Crippen LogP contribution in [0.25, 0.3) is 0 Å². The highest BCUT2D eigenvalue weighted by molar-refractivity contribution is 7.89.